The zero-order valence-electron chi connectivity index (χ0n) is 12.6. The number of rotatable bonds is 6. The van der Waals surface area contributed by atoms with Gasteiger partial charge in [-0.2, -0.15) is 0 Å². The largest absolute Gasteiger partial charge is 0.370 e. The maximum absolute atomic E-state index is 11.7. The van der Waals surface area contributed by atoms with E-state index >= 15 is 0 Å². The molecule has 1 unspecified atom stereocenters. The molecule has 0 spiro atoms. The molecule has 0 aliphatic carbocycles. The van der Waals surface area contributed by atoms with Crippen LogP contribution in [-0.4, -0.2) is 39.6 Å². The molecule has 0 saturated carbocycles. The number of nitrogens with one attached hydrogen (secondary N) is 1. The van der Waals surface area contributed by atoms with Gasteiger partial charge in [-0.3, -0.25) is 0 Å². The minimum absolute atomic E-state index is 0.0402. The summed E-state index contributed by atoms with van der Waals surface area (Å²) in [6.07, 6.45) is 1.77. The van der Waals surface area contributed by atoms with Crippen LogP contribution in [0.15, 0.2) is 18.2 Å². The Morgan fingerprint density at radius 2 is 2.19 bits per heavy atom. The second kappa shape index (κ2) is 6.99. The standard InChI is InChI=1S/C15H23ClN2O2S/c1-3-7-17-10-12-4-5-13(16)9-15(12)18(2)14-6-8-21(19,20)11-14/h4-5,9,14,17H,3,6-8,10-11H2,1-2H3. The topological polar surface area (TPSA) is 49.4 Å². The first kappa shape index (κ1) is 16.6. The van der Waals surface area contributed by atoms with Crippen molar-refractivity contribution in [1.82, 2.24) is 5.32 Å². The van der Waals surface area contributed by atoms with Crippen molar-refractivity contribution in [3.8, 4) is 0 Å². The van der Waals surface area contributed by atoms with E-state index in [0.717, 1.165) is 30.8 Å². The fourth-order valence-electron chi connectivity index (χ4n) is 2.69. The van der Waals surface area contributed by atoms with E-state index in [1.165, 1.54) is 0 Å². The van der Waals surface area contributed by atoms with Gasteiger partial charge in [-0.25, -0.2) is 8.42 Å². The molecule has 118 valence electrons. The number of nitrogens with zero attached hydrogens (tertiary/aromatic N) is 1. The molecule has 0 aromatic heterocycles. The maximum atomic E-state index is 11.7. The number of hydrogen-bond acceptors (Lipinski definition) is 4. The van der Waals surface area contributed by atoms with Crippen LogP contribution in [0.2, 0.25) is 5.02 Å². The zero-order chi connectivity index (χ0) is 15.5. The fourth-order valence-corrected chi connectivity index (χ4v) is 4.63. The number of benzene rings is 1. The Balaban J connectivity index is 2.18. The number of anilines is 1. The first-order valence-corrected chi connectivity index (χ1v) is 9.55. The number of halogens is 1. The smallest absolute Gasteiger partial charge is 0.152 e. The first-order chi connectivity index (χ1) is 9.93. The highest BCUT2D eigenvalue weighted by Crippen LogP contribution is 2.28. The minimum Gasteiger partial charge on any atom is -0.370 e. The molecule has 1 aromatic rings. The van der Waals surface area contributed by atoms with E-state index < -0.39 is 9.84 Å². The Labute approximate surface area is 132 Å². The highest BCUT2D eigenvalue weighted by Gasteiger charge is 2.31. The van der Waals surface area contributed by atoms with Crippen LogP contribution in [0.3, 0.4) is 0 Å². The number of hydrogen-bond donors (Lipinski definition) is 1. The van der Waals surface area contributed by atoms with Crippen molar-refractivity contribution in [3.05, 3.63) is 28.8 Å². The quantitative estimate of drug-likeness (QED) is 0.814. The summed E-state index contributed by atoms with van der Waals surface area (Å²) in [7, 11) is -0.924. The molecule has 2 rings (SSSR count). The van der Waals surface area contributed by atoms with Crippen molar-refractivity contribution in [3.63, 3.8) is 0 Å². The Bertz CT molecular complexity index is 589. The lowest BCUT2D eigenvalue weighted by Crippen LogP contribution is -2.33. The number of sulfone groups is 1. The SMILES string of the molecule is CCCNCc1ccc(Cl)cc1N(C)C1CCS(=O)(=O)C1. The Morgan fingerprint density at radius 1 is 1.43 bits per heavy atom. The van der Waals surface area contributed by atoms with Crippen LogP contribution < -0.4 is 10.2 Å². The lowest BCUT2D eigenvalue weighted by molar-refractivity contribution is 0.600. The molecule has 6 heteroatoms. The molecule has 1 fully saturated rings. The predicted octanol–water partition coefficient (Wildman–Crippen LogP) is 2.46. The van der Waals surface area contributed by atoms with E-state index in [1.807, 2.05) is 25.2 Å². The van der Waals surface area contributed by atoms with Gasteiger partial charge in [-0.15, -0.1) is 0 Å². The summed E-state index contributed by atoms with van der Waals surface area (Å²) in [6, 6.07) is 5.86. The molecule has 1 heterocycles. The van der Waals surface area contributed by atoms with Gasteiger partial charge in [-0.1, -0.05) is 24.6 Å². The van der Waals surface area contributed by atoms with Crippen LogP contribution in [0, 0.1) is 0 Å². The van der Waals surface area contributed by atoms with Gasteiger partial charge in [0.2, 0.25) is 0 Å². The van der Waals surface area contributed by atoms with Crippen molar-refractivity contribution in [2.24, 2.45) is 0 Å². The minimum atomic E-state index is -2.88. The van der Waals surface area contributed by atoms with Gasteiger partial charge in [0.1, 0.15) is 0 Å². The predicted molar refractivity (Wildman–Crippen MR) is 88.9 cm³/mol. The summed E-state index contributed by atoms with van der Waals surface area (Å²) in [5.41, 5.74) is 2.17. The van der Waals surface area contributed by atoms with Crippen molar-refractivity contribution < 1.29 is 8.42 Å². The van der Waals surface area contributed by atoms with E-state index in [1.54, 1.807) is 0 Å². The van der Waals surface area contributed by atoms with Crippen LogP contribution in [-0.2, 0) is 16.4 Å². The van der Waals surface area contributed by atoms with Gasteiger partial charge < -0.3 is 10.2 Å². The summed E-state index contributed by atoms with van der Waals surface area (Å²) in [5.74, 6) is 0.518. The summed E-state index contributed by atoms with van der Waals surface area (Å²) in [5, 5.41) is 4.06. The van der Waals surface area contributed by atoms with E-state index in [0.29, 0.717) is 11.4 Å². The summed E-state index contributed by atoms with van der Waals surface area (Å²) in [4.78, 5) is 2.07. The molecular weight excluding hydrogens is 308 g/mol. The molecule has 1 aliphatic rings. The average molecular weight is 331 g/mol. The van der Waals surface area contributed by atoms with Gasteiger partial charge in [0.15, 0.2) is 9.84 Å². The molecule has 4 nitrogen and oxygen atoms in total. The average Bonchev–Trinajstić information content (AvgIpc) is 2.80. The van der Waals surface area contributed by atoms with Gasteiger partial charge in [0, 0.05) is 30.3 Å². The van der Waals surface area contributed by atoms with Gasteiger partial charge in [0.05, 0.1) is 11.5 Å². The second-order valence-electron chi connectivity index (χ2n) is 5.62. The van der Waals surface area contributed by atoms with Crippen LogP contribution in [0.1, 0.15) is 25.3 Å². The van der Waals surface area contributed by atoms with Crippen molar-refractivity contribution >= 4 is 27.1 Å². The molecule has 1 atom stereocenters. The molecule has 21 heavy (non-hydrogen) atoms. The highest BCUT2D eigenvalue weighted by molar-refractivity contribution is 7.91. The summed E-state index contributed by atoms with van der Waals surface area (Å²) in [6.45, 7) is 3.86. The molecule has 1 aliphatic heterocycles. The monoisotopic (exact) mass is 330 g/mol. The molecule has 1 N–H and O–H groups in total. The zero-order valence-corrected chi connectivity index (χ0v) is 14.2. The van der Waals surface area contributed by atoms with E-state index in [-0.39, 0.29) is 17.5 Å². The fraction of sp³-hybridized carbons (Fsp3) is 0.600. The lowest BCUT2D eigenvalue weighted by atomic mass is 10.1. The van der Waals surface area contributed by atoms with Gasteiger partial charge in [-0.05, 0) is 37.1 Å². The third kappa shape index (κ3) is 4.34. The van der Waals surface area contributed by atoms with Crippen LogP contribution in [0.5, 0.6) is 0 Å². The molecule has 0 radical (unpaired) electrons. The first-order valence-electron chi connectivity index (χ1n) is 7.35. The Hall–Kier alpha value is -0.780. The summed E-state index contributed by atoms with van der Waals surface area (Å²) < 4.78 is 23.3. The maximum Gasteiger partial charge on any atom is 0.152 e. The highest BCUT2D eigenvalue weighted by atomic mass is 35.5. The van der Waals surface area contributed by atoms with Crippen LogP contribution >= 0.6 is 11.6 Å². The summed E-state index contributed by atoms with van der Waals surface area (Å²) >= 11 is 6.12. The molecule has 0 bridgehead atoms. The molecule has 0 amide bonds. The van der Waals surface area contributed by atoms with E-state index in [2.05, 4.69) is 17.1 Å². The van der Waals surface area contributed by atoms with Crippen molar-refractivity contribution in [2.45, 2.75) is 32.4 Å². The Kier molecular flexibility index (Phi) is 5.52. The normalized spacial score (nSPS) is 20.6. The second-order valence-corrected chi connectivity index (χ2v) is 8.28. The van der Waals surface area contributed by atoms with Crippen molar-refractivity contribution in [1.29, 1.82) is 0 Å². The van der Waals surface area contributed by atoms with E-state index in [9.17, 15) is 8.42 Å². The molecule has 1 saturated heterocycles. The third-order valence-corrected chi connectivity index (χ3v) is 5.91. The molecule has 1 aromatic carbocycles. The third-order valence-electron chi connectivity index (χ3n) is 3.93. The molecular formula is C15H23ClN2O2S. The van der Waals surface area contributed by atoms with Gasteiger partial charge in [0.25, 0.3) is 0 Å². The van der Waals surface area contributed by atoms with Gasteiger partial charge >= 0.3 is 0 Å². The van der Waals surface area contributed by atoms with Crippen LogP contribution in [0.25, 0.3) is 0 Å². The van der Waals surface area contributed by atoms with Crippen LogP contribution in [0.4, 0.5) is 5.69 Å². The Morgan fingerprint density at radius 3 is 2.81 bits per heavy atom. The van der Waals surface area contributed by atoms with Crippen molar-refractivity contribution in [2.75, 3.05) is 30.0 Å². The lowest BCUT2D eigenvalue weighted by Gasteiger charge is -2.28. The van der Waals surface area contributed by atoms with E-state index in [4.69, 9.17) is 11.6 Å².